The van der Waals surface area contributed by atoms with E-state index in [1.807, 2.05) is 24.3 Å². The number of hydrogen-bond acceptors (Lipinski definition) is 2. The smallest absolute Gasteiger partial charge is 0.320 e. The fourth-order valence-electron chi connectivity index (χ4n) is 3.31. The lowest BCUT2D eigenvalue weighted by molar-refractivity contribution is -0.142. The summed E-state index contributed by atoms with van der Waals surface area (Å²) < 4.78 is 28.6. The molecule has 3 nitrogen and oxygen atoms in total. The normalized spacial score (nSPS) is 19.4. The van der Waals surface area contributed by atoms with Gasteiger partial charge < -0.3 is 5.11 Å². The van der Waals surface area contributed by atoms with Gasteiger partial charge in [0.25, 0.3) is 0 Å². The van der Waals surface area contributed by atoms with Gasteiger partial charge in [0, 0.05) is 22.6 Å². The van der Waals surface area contributed by atoms with Crippen LogP contribution in [-0.2, 0) is 4.79 Å². The van der Waals surface area contributed by atoms with Gasteiger partial charge in [-0.25, -0.2) is 8.78 Å². The Morgan fingerprint density at radius 1 is 1.25 bits per heavy atom. The predicted octanol–water partition coefficient (Wildman–Crippen LogP) is 4.37. The number of aliphatic carboxylic acids is 1. The van der Waals surface area contributed by atoms with E-state index in [0.29, 0.717) is 13.0 Å². The number of halogens is 3. The Hall–Kier alpha value is -1.79. The lowest BCUT2D eigenvalue weighted by atomic mass is 9.95. The fraction of sp³-hybridized carbons (Fsp3) is 0.278. The highest BCUT2D eigenvalue weighted by Gasteiger charge is 2.37. The summed E-state index contributed by atoms with van der Waals surface area (Å²) in [7, 11) is 0. The molecule has 1 saturated heterocycles. The molecule has 0 amide bonds. The predicted molar refractivity (Wildman–Crippen MR) is 89.7 cm³/mol. The van der Waals surface area contributed by atoms with E-state index in [1.54, 1.807) is 4.90 Å². The Balaban J connectivity index is 2.12. The second-order valence-corrected chi connectivity index (χ2v) is 6.77. The highest BCUT2D eigenvalue weighted by atomic mass is 79.9. The minimum atomic E-state index is -0.921. The van der Waals surface area contributed by atoms with Crippen LogP contribution >= 0.6 is 15.9 Å². The zero-order chi connectivity index (χ0) is 17.3. The summed E-state index contributed by atoms with van der Waals surface area (Å²) in [6, 6.07) is 9.51. The molecule has 126 valence electrons. The van der Waals surface area contributed by atoms with Gasteiger partial charge in [-0.05, 0) is 36.6 Å². The summed E-state index contributed by atoms with van der Waals surface area (Å²) in [5.41, 5.74) is 1.05. The third-order valence-corrected chi connectivity index (χ3v) is 4.83. The maximum absolute atomic E-state index is 14.4. The van der Waals surface area contributed by atoms with Crippen molar-refractivity contribution in [2.24, 2.45) is 0 Å². The van der Waals surface area contributed by atoms with Crippen LogP contribution in [0.5, 0.6) is 0 Å². The lowest BCUT2D eigenvalue weighted by Crippen LogP contribution is -2.39. The van der Waals surface area contributed by atoms with Gasteiger partial charge >= 0.3 is 5.97 Å². The molecule has 0 aliphatic carbocycles. The summed E-state index contributed by atoms with van der Waals surface area (Å²) in [6.07, 6.45) is 1.24. The topological polar surface area (TPSA) is 40.5 Å². The SMILES string of the molecule is O=C(O)C1CCCN1C(c1cccc(Br)c1)c1ccc(F)cc1F. The van der Waals surface area contributed by atoms with Crippen LogP contribution in [0.15, 0.2) is 46.9 Å². The van der Waals surface area contributed by atoms with Crippen molar-refractivity contribution in [3.8, 4) is 0 Å². The zero-order valence-electron chi connectivity index (χ0n) is 12.8. The van der Waals surface area contributed by atoms with Gasteiger partial charge in [0.05, 0.1) is 6.04 Å². The summed E-state index contributed by atoms with van der Waals surface area (Å²) in [6.45, 7) is 0.547. The highest BCUT2D eigenvalue weighted by molar-refractivity contribution is 9.10. The first-order valence-electron chi connectivity index (χ1n) is 7.66. The largest absolute Gasteiger partial charge is 0.480 e. The average Bonchev–Trinajstić information content (AvgIpc) is 2.99. The van der Waals surface area contributed by atoms with Crippen LogP contribution in [0.3, 0.4) is 0 Å². The van der Waals surface area contributed by atoms with E-state index >= 15 is 0 Å². The third-order valence-electron chi connectivity index (χ3n) is 4.33. The molecule has 2 aromatic rings. The lowest BCUT2D eigenvalue weighted by Gasteiger charge is -2.32. The molecule has 6 heteroatoms. The van der Waals surface area contributed by atoms with E-state index in [9.17, 15) is 18.7 Å². The minimum Gasteiger partial charge on any atom is -0.480 e. The molecule has 1 aliphatic rings. The first-order chi connectivity index (χ1) is 11.5. The first kappa shape index (κ1) is 17.0. The number of carbonyl (C=O) groups is 1. The molecule has 1 aliphatic heterocycles. The van der Waals surface area contributed by atoms with Gasteiger partial charge in [0.15, 0.2) is 0 Å². The quantitative estimate of drug-likeness (QED) is 0.835. The Kier molecular flexibility index (Phi) is 4.96. The summed E-state index contributed by atoms with van der Waals surface area (Å²) >= 11 is 3.40. The summed E-state index contributed by atoms with van der Waals surface area (Å²) in [5, 5.41) is 9.49. The van der Waals surface area contributed by atoms with Crippen molar-refractivity contribution in [2.45, 2.75) is 24.9 Å². The van der Waals surface area contributed by atoms with Crippen LogP contribution in [0.25, 0.3) is 0 Å². The molecule has 2 atom stereocenters. The average molecular weight is 396 g/mol. The number of likely N-dealkylation sites (tertiary alicyclic amines) is 1. The molecule has 0 bridgehead atoms. The second kappa shape index (κ2) is 6.99. The zero-order valence-corrected chi connectivity index (χ0v) is 14.3. The molecule has 1 N–H and O–H groups in total. The standard InChI is InChI=1S/C18H16BrF2NO2/c19-12-4-1-3-11(9-12)17(14-7-6-13(20)10-15(14)21)22-8-2-5-16(22)18(23)24/h1,3-4,6-7,9-10,16-17H,2,5,8H2,(H,23,24). The Morgan fingerprint density at radius 2 is 2.04 bits per heavy atom. The van der Waals surface area contributed by atoms with Gasteiger partial charge in [0.1, 0.15) is 17.7 Å². The molecule has 1 fully saturated rings. The van der Waals surface area contributed by atoms with Crippen molar-refractivity contribution in [3.05, 3.63) is 69.7 Å². The molecular formula is C18H16BrF2NO2. The number of carboxylic acid groups (broad SMARTS) is 1. The number of carboxylic acids is 1. The second-order valence-electron chi connectivity index (χ2n) is 5.86. The van der Waals surface area contributed by atoms with E-state index in [2.05, 4.69) is 15.9 Å². The van der Waals surface area contributed by atoms with Crippen molar-refractivity contribution < 1.29 is 18.7 Å². The number of nitrogens with zero attached hydrogens (tertiary/aromatic N) is 1. The van der Waals surface area contributed by atoms with Crippen LogP contribution in [0.1, 0.15) is 30.0 Å². The molecule has 2 aromatic carbocycles. The number of rotatable bonds is 4. The fourth-order valence-corrected chi connectivity index (χ4v) is 3.73. The van der Waals surface area contributed by atoms with E-state index < -0.39 is 29.7 Å². The van der Waals surface area contributed by atoms with Crippen molar-refractivity contribution in [3.63, 3.8) is 0 Å². The number of hydrogen-bond donors (Lipinski definition) is 1. The highest BCUT2D eigenvalue weighted by Crippen LogP contribution is 2.37. The molecule has 3 rings (SSSR count). The van der Waals surface area contributed by atoms with Crippen LogP contribution in [0.4, 0.5) is 8.78 Å². The molecular weight excluding hydrogens is 380 g/mol. The van der Waals surface area contributed by atoms with Gasteiger partial charge in [-0.1, -0.05) is 34.1 Å². The van der Waals surface area contributed by atoms with Gasteiger partial charge in [-0.3, -0.25) is 9.69 Å². The molecule has 0 saturated carbocycles. The number of benzene rings is 2. The van der Waals surface area contributed by atoms with Crippen LogP contribution < -0.4 is 0 Å². The van der Waals surface area contributed by atoms with Gasteiger partial charge in [-0.15, -0.1) is 0 Å². The third kappa shape index (κ3) is 3.35. The van der Waals surface area contributed by atoms with Crippen molar-refractivity contribution in [1.29, 1.82) is 0 Å². The minimum absolute atomic E-state index is 0.280. The maximum atomic E-state index is 14.4. The van der Waals surface area contributed by atoms with E-state index in [0.717, 1.165) is 22.5 Å². The van der Waals surface area contributed by atoms with Crippen molar-refractivity contribution >= 4 is 21.9 Å². The van der Waals surface area contributed by atoms with E-state index in [1.165, 1.54) is 12.1 Å². The monoisotopic (exact) mass is 395 g/mol. The van der Waals surface area contributed by atoms with E-state index in [-0.39, 0.29) is 5.56 Å². The van der Waals surface area contributed by atoms with Crippen LogP contribution in [-0.4, -0.2) is 28.6 Å². The maximum Gasteiger partial charge on any atom is 0.320 e. The molecule has 0 aromatic heterocycles. The summed E-state index contributed by atoms with van der Waals surface area (Å²) in [5.74, 6) is -2.24. The first-order valence-corrected chi connectivity index (χ1v) is 8.45. The molecule has 1 heterocycles. The van der Waals surface area contributed by atoms with Crippen LogP contribution in [0, 0.1) is 11.6 Å². The Labute approximate surface area is 147 Å². The van der Waals surface area contributed by atoms with Crippen molar-refractivity contribution in [1.82, 2.24) is 4.90 Å². The van der Waals surface area contributed by atoms with Crippen LogP contribution in [0.2, 0.25) is 0 Å². The molecule has 24 heavy (non-hydrogen) atoms. The molecule has 2 unspecified atom stereocenters. The van der Waals surface area contributed by atoms with E-state index in [4.69, 9.17) is 0 Å². The van der Waals surface area contributed by atoms with Gasteiger partial charge in [-0.2, -0.15) is 0 Å². The Morgan fingerprint density at radius 3 is 2.71 bits per heavy atom. The summed E-state index contributed by atoms with van der Waals surface area (Å²) in [4.78, 5) is 13.4. The van der Waals surface area contributed by atoms with Gasteiger partial charge in [0.2, 0.25) is 0 Å². The van der Waals surface area contributed by atoms with Crippen molar-refractivity contribution in [2.75, 3.05) is 6.54 Å². The molecule has 0 spiro atoms. The molecule has 0 radical (unpaired) electrons. The Bertz CT molecular complexity index is 768.